The fourth-order valence-corrected chi connectivity index (χ4v) is 5.45. The summed E-state index contributed by atoms with van der Waals surface area (Å²) in [5.41, 5.74) is 2.88. The third kappa shape index (κ3) is 5.98. The number of pyridine rings is 2. The summed E-state index contributed by atoms with van der Waals surface area (Å²) in [6, 6.07) is 8.28. The van der Waals surface area contributed by atoms with E-state index in [1.165, 1.54) is 0 Å². The molecule has 3 aromatic rings. The molecule has 2 aliphatic rings. The quantitative estimate of drug-likeness (QED) is 0.344. The van der Waals surface area contributed by atoms with Gasteiger partial charge in [0.15, 0.2) is 0 Å². The summed E-state index contributed by atoms with van der Waals surface area (Å²) >= 11 is 6.26. The number of rotatable bonds is 8. The van der Waals surface area contributed by atoms with Crippen LogP contribution in [0.25, 0.3) is 22.2 Å². The Morgan fingerprint density at radius 1 is 1.06 bits per heavy atom. The van der Waals surface area contributed by atoms with Gasteiger partial charge in [-0.15, -0.1) is 0 Å². The van der Waals surface area contributed by atoms with Gasteiger partial charge in [0.05, 0.1) is 13.2 Å². The van der Waals surface area contributed by atoms with E-state index >= 15 is 0 Å². The fourth-order valence-electron chi connectivity index (χ4n) is 5.31. The first kappa shape index (κ1) is 25.0. The lowest BCUT2D eigenvalue weighted by atomic mass is 9.91. The van der Waals surface area contributed by atoms with Crippen molar-refractivity contribution in [2.45, 2.75) is 37.8 Å². The number of hydrogen-bond acceptors (Lipinski definition) is 7. The lowest BCUT2D eigenvalue weighted by Gasteiger charge is -2.35. The molecule has 1 amide bonds. The molecule has 0 atom stereocenters. The minimum absolute atomic E-state index is 0.105. The molecule has 4 heterocycles. The number of anilines is 1. The van der Waals surface area contributed by atoms with Crippen molar-refractivity contribution in [2.24, 2.45) is 0 Å². The number of amides is 1. The predicted molar refractivity (Wildman–Crippen MR) is 142 cm³/mol. The summed E-state index contributed by atoms with van der Waals surface area (Å²) in [7, 11) is 0. The molecule has 0 spiro atoms. The maximum atomic E-state index is 12.6. The first-order chi connectivity index (χ1) is 17.6. The number of hydrogen-bond donors (Lipinski definition) is 4. The molecule has 1 saturated heterocycles. The molecular weight excluding hydrogens is 478 g/mol. The second-order valence-electron chi connectivity index (χ2n) is 9.73. The largest absolute Gasteiger partial charge is 0.395 e. The van der Waals surface area contributed by atoms with E-state index in [9.17, 15) is 4.79 Å². The summed E-state index contributed by atoms with van der Waals surface area (Å²) in [6.07, 6.45) is 7.51. The number of aromatic nitrogens is 3. The van der Waals surface area contributed by atoms with E-state index in [1.807, 2.05) is 24.4 Å². The van der Waals surface area contributed by atoms with Crippen molar-refractivity contribution < 1.29 is 9.90 Å². The van der Waals surface area contributed by atoms with Crippen LogP contribution in [-0.2, 0) is 4.79 Å². The number of carbonyl (C=O) groups excluding carboxylic acids is 1. The highest BCUT2D eigenvalue weighted by atomic mass is 35.5. The molecule has 1 aliphatic carbocycles. The van der Waals surface area contributed by atoms with Crippen molar-refractivity contribution in [3.63, 3.8) is 0 Å². The van der Waals surface area contributed by atoms with Crippen LogP contribution in [0.3, 0.4) is 0 Å². The summed E-state index contributed by atoms with van der Waals surface area (Å²) in [5, 5.41) is 17.5. The Balaban J connectivity index is 1.14. The van der Waals surface area contributed by atoms with Gasteiger partial charge in [0, 0.05) is 73.7 Å². The number of carbonyl (C=O) groups is 1. The Labute approximate surface area is 216 Å². The van der Waals surface area contributed by atoms with Gasteiger partial charge in [0.2, 0.25) is 5.91 Å². The van der Waals surface area contributed by atoms with Gasteiger partial charge in [-0.2, -0.15) is 0 Å². The molecule has 0 aromatic carbocycles. The van der Waals surface area contributed by atoms with Crippen LogP contribution in [0, 0.1) is 0 Å². The molecule has 5 rings (SSSR count). The van der Waals surface area contributed by atoms with Gasteiger partial charge in [0.25, 0.3) is 0 Å². The molecule has 2 fully saturated rings. The number of H-pyrrole nitrogens is 1. The van der Waals surface area contributed by atoms with Crippen molar-refractivity contribution in [1.82, 2.24) is 30.1 Å². The normalized spacial score (nSPS) is 21.5. The third-order valence-corrected chi connectivity index (χ3v) is 7.49. The highest BCUT2D eigenvalue weighted by Gasteiger charge is 2.25. The Bertz CT molecular complexity index is 1170. The van der Waals surface area contributed by atoms with E-state index in [1.54, 1.807) is 6.20 Å². The molecule has 1 aliphatic heterocycles. The van der Waals surface area contributed by atoms with Gasteiger partial charge >= 0.3 is 0 Å². The van der Waals surface area contributed by atoms with Crippen LogP contribution >= 0.6 is 11.6 Å². The number of nitrogens with one attached hydrogen (secondary N) is 3. The SMILES string of the molecule is O=C(CN1CCN(CCO)CC1)N[C@H]1CC[C@H](Nc2nc(Cl)ccc2-c2c[nH]c3ncccc23)CC1. The number of aliphatic hydroxyl groups is 1. The Kier molecular flexibility index (Phi) is 8.01. The standard InChI is InChI=1S/C26H34ClN7O2/c27-23-8-7-21(22-16-29-25-20(22)2-1-9-28-25)26(32-23)31-19-5-3-18(4-6-19)30-24(36)17-34-12-10-33(11-13-34)14-15-35/h1-2,7-9,16,18-19,35H,3-6,10-15,17H2,(H,28,29)(H,30,36)(H,31,32)/t18-,19-. The number of nitrogens with zero attached hydrogens (tertiary/aromatic N) is 4. The van der Waals surface area contributed by atoms with Crippen molar-refractivity contribution in [2.75, 3.05) is 51.2 Å². The van der Waals surface area contributed by atoms with Crippen LogP contribution in [0.5, 0.6) is 0 Å². The number of aliphatic hydroxyl groups excluding tert-OH is 1. The Morgan fingerprint density at radius 2 is 1.81 bits per heavy atom. The number of halogens is 1. The van der Waals surface area contributed by atoms with Gasteiger partial charge < -0.3 is 20.7 Å². The van der Waals surface area contributed by atoms with E-state index in [2.05, 4.69) is 41.5 Å². The Morgan fingerprint density at radius 3 is 2.58 bits per heavy atom. The fraction of sp³-hybridized carbons (Fsp3) is 0.500. The minimum Gasteiger partial charge on any atom is -0.395 e. The number of aromatic amines is 1. The lowest BCUT2D eigenvalue weighted by molar-refractivity contribution is -0.123. The van der Waals surface area contributed by atoms with Crippen LogP contribution in [0.1, 0.15) is 25.7 Å². The molecule has 3 aromatic heterocycles. The summed E-state index contributed by atoms with van der Waals surface area (Å²) in [4.78, 5) is 29.3. The molecule has 36 heavy (non-hydrogen) atoms. The average molecular weight is 512 g/mol. The average Bonchev–Trinajstić information content (AvgIpc) is 3.31. The lowest BCUT2D eigenvalue weighted by Crippen LogP contribution is -2.51. The first-order valence-electron chi connectivity index (χ1n) is 12.8. The van der Waals surface area contributed by atoms with Crippen LogP contribution in [-0.4, -0.2) is 93.7 Å². The van der Waals surface area contributed by atoms with Gasteiger partial charge in [-0.05, 0) is 49.9 Å². The summed E-state index contributed by atoms with van der Waals surface area (Å²) in [6.45, 7) is 4.88. The Hall–Kier alpha value is -2.72. The molecule has 192 valence electrons. The maximum Gasteiger partial charge on any atom is 0.234 e. The molecule has 1 saturated carbocycles. The summed E-state index contributed by atoms with van der Waals surface area (Å²) in [5.74, 6) is 0.883. The molecule has 0 bridgehead atoms. The molecule has 4 N–H and O–H groups in total. The zero-order chi connectivity index (χ0) is 24.9. The van der Waals surface area contributed by atoms with Crippen LogP contribution < -0.4 is 10.6 Å². The van der Waals surface area contributed by atoms with E-state index in [4.69, 9.17) is 16.7 Å². The topological polar surface area (TPSA) is 109 Å². The van der Waals surface area contributed by atoms with Crippen molar-refractivity contribution >= 4 is 34.4 Å². The smallest absolute Gasteiger partial charge is 0.234 e. The number of fused-ring (bicyclic) bond motifs is 1. The number of β-amino-alcohol motifs (C(OH)–C–C–N with tert-alkyl or cyclic N) is 1. The van der Waals surface area contributed by atoms with E-state index < -0.39 is 0 Å². The van der Waals surface area contributed by atoms with Crippen LogP contribution in [0.2, 0.25) is 5.15 Å². The van der Waals surface area contributed by atoms with Gasteiger partial charge in [-0.3, -0.25) is 14.6 Å². The maximum absolute atomic E-state index is 12.6. The molecule has 10 heteroatoms. The zero-order valence-corrected chi connectivity index (χ0v) is 21.2. The van der Waals surface area contributed by atoms with Gasteiger partial charge in [0.1, 0.15) is 16.6 Å². The van der Waals surface area contributed by atoms with Gasteiger partial charge in [-0.25, -0.2) is 9.97 Å². The van der Waals surface area contributed by atoms with Crippen molar-refractivity contribution in [3.8, 4) is 11.1 Å². The monoisotopic (exact) mass is 511 g/mol. The highest BCUT2D eigenvalue weighted by Crippen LogP contribution is 2.34. The first-order valence-corrected chi connectivity index (χ1v) is 13.2. The van der Waals surface area contributed by atoms with Crippen LogP contribution in [0.15, 0.2) is 36.7 Å². The second-order valence-corrected chi connectivity index (χ2v) is 10.1. The van der Waals surface area contributed by atoms with Crippen molar-refractivity contribution in [1.29, 1.82) is 0 Å². The minimum atomic E-state index is 0.105. The molecule has 9 nitrogen and oxygen atoms in total. The van der Waals surface area contributed by atoms with E-state index in [0.717, 1.165) is 79.8 Å². The third-order valence-electron chi connectivity index (χ3n) is 7.28. The van der Waals surface area contributed by atoms with E-state index in [0.29, 0.717) is 18.2 Å². The molecule has 0 unspecified atom stereocenters. The summed E-state index contributed by atoms with van der Waals surface area (Å²) < 4.78 is 0. The van der Waals surface area contributed by atoms with E-state index in [-0.39, 0.29) is 24.6 Å². The highest BCUT2D eigenvalue weighted by molar-refractivity contribution is 6.29. The second kappa shape index (κ2) is 11.6. The number of piperazine rings is 1. The predicted octanol–water partition coefficient (Wildman–Crippen LogP) is 2.73. The van der Waals surface area contributed by atoms with Crippen molar-refractivity contribution in [3.05, 3.63) is 41.8 Å². The van der Waals surface area contributed by atoms with Gasteiger partial charge in [-0.1, -0.05) is 11.6 Å². The molecular formula is C26H34ClN7O2. The zero-order valence-electron chi connectivity index (χ0n) is 20.4. The molecule has 0 radical (unpaired) electrons. The van der Waals surface area contributed by atoms with Crippen LogP contribution in [0.4, 0.5) is 5.82 Å².